The van der Waals surface area contributed by atoms with E-state index in [1.807, 2.05) is 0 Å². The van der Waals surface area contributed by atoms with Crippen molar-refractivity contribution in [2.45, 2.75) is 37.5 Å². The van der Waals surface area contributed by atoms with Crippen LogP contribution >= 0.6 is 0 Å². The minimum Gasteiger partial charge on any atom is -0.494 e. The van der Waals surface area contributed by atoms with Crippen molar-refractivity contribution in [3.8, 4) is 5.75 Å². The molecule has 1 amide bonds. The summed E-state index contributed by atoms with van der Waals surface area (Å²) in [7, 11) is 0. The molecule has 4 rings (SSSR count). The third-order valence-corrected chi connectivity index (χ3v) is 7.17. The highest BCUT2D eigenvalue weighted by atomic mass is 16.5. The number of hydrogen-bond acceptors (Lipinski definition) is 5. The summed E-state index contributed by atoms with van der Waals surface area (Å²) in [5.74, 6) is 0.947. The van der Waals surface area contributed by atoms with E-state index >= 15 is 0 Å². The number of likely N-dealkylation sites (tertiary alicyclic amines) is 1. The van der Waals surface area contributed by atoms with Crippen LogP contribution in [0.1, 0.15) is 37.7 Å². The number of piperazine rings is 1. The summed E-state index contributed by atoms with van der Waals surface area (Å²) in [6, 6.07) is 8.69. The average molecular weight is 432 g/mol. The van der Waals surface area contributed by atoms with E-state index < -0.39 is 6.09 Å². The Morgan fingerprint density at radius 2 is 1.65 bits per heavy atom. The number of nitrogens with zero attached hydrogens (tertiary/aromatic N) is 3. The van der Waals surface area contributed by atoms with Crippen molar-refractivity contribution in [3.05, 3.63) is 29.8 Å². The summed E-state index contributed by atoms with van der Waals surface area (Å²) in [6.45, 7) is 9.68. The summed E-state index contributed by atoms with van der Waals surface area (Å²) in [6.07, 6.45) is 4.95. The Labute approximate surface area is 185 Å². The van der Waals surface area contributed by atoms with Gasteiger partial charge in [-0.1, -0.05) is 12.1 Å². The number of carbonyl (C=O) groups is 1. The molecule has 0 radical (unpaired) electrons. The average Bonchev–Trinajstić information content (AvgIpc) is 3.32. The maximum Gasteiger partial charge on any atom is 0.407 e. The Morgan fingerprint density at radius 3 is 2.29 bits per heavy atom. The molecule has 1 aromatic rings. The predicted molar refractivity (Wildman–Crippen MR) is 120 cm³/mol. The van der Waals surface area contributed by atoms with E-state index in [0.29, 0.717) is 13.1 Å². The number of amides is 1. The summed E-state index contributed by atoms with van der Waals surface area (Å²) < 4.78 is 11.7. The zero-order valence-corrected chi connectivity index (χ0v) is 18.6. The molecule has 31 heavy (non-hydrogen) atoms. The van der Waals surface area contributed by atoms with E-state index in [9.17, 15) is 9.90 Å². The molecular formula is C24H37N3O4. The van der Waals surface area contributed by atoms with Gasteiger partial charge in [-0.2, -0.15) is 0 Å². The quantitative estimate of drug-likeness (QED) is 0.639. The highest BCUT2D eigenvalue weighted by Crippen LogP contribution is 2.37. The van der Waals surface area contributed by atoms with Crippen LogP contribution in [0.2, 0.25) is 0 Å². The molecule has 7 nitrogen and oxygen atoms in total. The highest BCUT2D eigenvalue weighted by molar-refractivity contribution is 5.65. The smallest absolute Gasteiger partial charge is 0.407 e. The predicted octanol–water partition coefficient (Wildman–Crippen LogP) is 2.90. The summed E-state index contributed by atoms with van der Waals surface area (Å²) in [5.41, 5.74) is 1.42. The van der Waals surface area contributed by atoms with Gasteiger partial charge in [0.05, 0.1) is 6.61 Å². The van der Waals surface area contributed by atoms with E-state index in [-0.39, 0.29) is 5.41 Å². The normalized spacial score (nSPS) is 22.5. The molecule has 1 N–H and O–H groups in total. The first-order valence-electron chi connectivity index (χ1n) is 11.9. The van der Waals surface area contributed by atoms with Crippen LogP contribution in [0.5, 0.6) is 5.75 Å². The molecule has 1 aromatic carbocycles. The molecule has 0 saturated carbocycles. The van der Waals surface area contributed by atoms with Gasteiger partial charge in [-0.15, -0.1) is 0 Å². The van der Waals surface area contributed by atoms with Crippen molar-refractivity contribution in [1.82, 2.24) is 14.7 Å². The Balaban J connectivity index is 1.32. The van der Waals surface area contributed by atoms with Crippen LogP contribution in [0, 0.1) is 0 Å². The van der Waals surface area contributed by atoms with E-state index in [1.54, 1.807) is 0 Å². The van der Waals surface area contributed by atoms with Crippen LogP contribution in [-0.2, 0) is 10.2 Å². The molecule has 0 spiro atoms. The minimum absolute atomic E-state index is 0.0674. The van der Waals surface area contributed by atoms with E-state index in [1.165, 1.54) is 36.4 Å². The zero-order valence-electron chi connectivity index (χ0n) is 18.6. The Bertz CT molecular complexity index is 691. The molecule has 3 aliphatic heterocycles. The standard InChI is InChI=1S/C24H37N3O4/c28-23(29)27-15-13-26(14-16-27)20-24(8-18-30-19-9-24)21-4-6-22(7-5-21)31-17-3-12-25-10-1-2-11-25/h4-7H,1-3,8-20H2,(H,28,29). The van der Waals surface area contributed by atoms with Crippen LogP contribution in [-0.4, -0.2) is 98.1 Å². The van der Waals surface area contributed by atoms with Gasteiger partial charge in [0.25, 0.3) is 0 Å². The van der Waals surface area contributed by atoms with Gasteiger partial charge in [-0.25, -0.2) is 4.79 Å². The molecule has 172 valence electrons. The lowest BCUT2D eigenvalue weighted by Gasteiger charge is -2.43. The number of carboxylic acid groups (broad SMARTS) is 1. The molecule has 3 saturated heterocycles. The molecule has 3 heterocycles. The number of hydrogen-bond donors (Lipinski definition) is 1. The van der Waals surface area contributed by atoms with Crippen LogP contribution in [0.4, 0.5) is 4.79 Å². The van der Waals surface area contributed by atoms with Crippen molar-refractivity contribution in [2.24, 2.45) is 0 Å². The van der Waals surface area contributed by atoms with Crippen molar-refractivity contribution >= 4 is 6.09 Å². The van der Waals surface area contributed by atoms with E-state index in [4.69, 9.17) is 9.47 Å². The molecule has 0 aliphatic carbocycles. The second-order valence-corrected chi connectivity index (χ2v) is 9.21. The maximum absolute atomic E-state index is 11.2. The van der Waals surface area contributed by atoms with Crippen molar-refractivity contribution in [1.29, 1.82) is 0 Å². The fourth-order valence-electron chi connectivity index (χ4n) is 5.21. The van der Waals surface area contributed by atoms with Crippen LogP contribution in [0.15, 0.2) is 24.3 Å². The fraction of sp³-hybridized carbons (Fsp3) is 0.708. The van der Waals surface area contributed by atoms with Crippen LogP contribution in [0.25, 0.3) is 0 Å². The number of rotatable bonds is 8. The zero-order chi connectivity index (χ0) is 21.5. The summed E-state index contributed by atoms with van der Waals surface area (Å²) in [4.78, 5) is 17.7. The van der Waals surface area contributed by atoms with Gasteiger partial charge >= 0.3 is 6.09 Å². The third-order valence-electron chi connectivity index (χ3n) is 7.17. The first-order chi connectivity index (χ1) is 15.1. The Hall–Kier alpha value is -1.83. The van der Waals surface area contributed by atoms with Crippen LogP contribution in [0.3, 0.4) is 0 Å². The number of benzene rings is 1. The minimum atomic E-state index is -0.809. The SMILES string of the molecule is O=C(O)N1CCN(CC2(c3ccc(OCCCN4CCCC4)cc3)CCOCC2)CC1. The highest BCUT2D eigenvalue weighted by Gasteiger charge is 2.37. The second kappa shape index (κ2) is 10.7. The third kappa shape index (κ3) is 5.90. The lowest BCUT2D eigenvalue weighted by molar-refractivity contribution is 0.0250. The topological polar surface area (TPSA) is 65.5 Å². The summed E-state index contributed by atoms with van der Waals surface area (Å²) in [5, 5.41) is 9.21. The molecule has 7 heteroatoms. The number of ether oxygens (including phenoxy) is 2. The fourth-order valence-corrected chi connectivity index (χ4v) is 5.21. The largest absolute Gasteiger partial charge is 0.494 e. The van der Waals surface area contributed by atoms with Gasteiger partial charge in [0, 0.05) is 57.9 Å². The molecule has 0 unspecified atom stereocenters. The van der Waals surface area contributed by atoms with Crippen molar-refractivity contribution < 1.29 is 19.4 Å². The molecule has 0 atom stereocenters. The van der Waals surface area contributed by atoms with Gasteiger partial charge in [0.2, 0.25) is 0 Å². The van der Waals surface area contributed by atoms with E-state index in [0.717, 1.165) is 71.0 Å². The van der Waals surface area contributed by atoms with Gasteiger partial charge in [0.15, 0.2) is 0 Å². The maximum atomic E-state index is 11.2. The molecule has 0 aromatic heterocycles. The van der Waals surface area contributed by atoms with Crippen molar-refractivity contribution in [3.63, 3.8) is 0 Å². The van der Waals surface area contributed by atoms with Crippen molar-refractivity contribution in [2.75, 3.05) is 72.2 Å². The first-order valence-corrected chi connectivity index (χ1v) is 11.9. The molecular weight excluding hydrogens is 394 g/mol. The monoisotopic (exact) mass is 431 g/mol. The lowest BCUT2D eigenvalue weighted by Crippen LogP contribution is -2.53. The Morgan fingerprint density at radius 1 is 0.968 bits per heavy atom. The van der Waals surface area contributed by atoms with Gasteiger partial charge in [0.1, 0.15) is 5.75 Å². The lowest BCUT2D eigenvalue weighted by atomic mass is 9.73. The van der Waals surface area contributed by atoms with E-state index in [2.05, 4.69) is 34.1 Å². The summed E-state index contributed by atoms with van der Waals surface area (Å²) >= 11 is 0. The second-order valence-electron chi connectivity index (χ2n) is 9.21. The molecule has 3 aliphatic rings. The Kier molecular flexibility index (Phi) is 7.69. The van der Waals surface area contributed by atoms with Gasteiger partial charge in [-0.3, -0.25) is 4.90 Å². The van der Waals surface area contributed by atoms with Gasteiger partial charge in [-0.05, 0) is 62.9 Å². The van der Waals surface area contributed by atoms with Crippen LogP contribution < -0.4 is 4.74 Å². The first kappa shape index (κ1) is 22.4. The molecule has 0 bridgehead atoms. The van der Waals surface area contributed by atoms with Gasteiger partial charge < -0.3 is 24.4 Å². The molecule has 3 fully saturated rings.